The minimum atomic E-state index is -0.742. The van der Waals surface area contributed by atoms with E-state index in [0.717, 1.165) is 11.3 Å². The average molecular weight is 422 g/mol. The second-order valence-corrected chi connectivity index (χ2v) is 7.62. The lowest BCUT2D eigenvalue weighted by Gasteiger charge is -2.38. The molecule has 1 aliphatic rings. The molecule has 0 aliphatic carbocycles. The van der Waals surface area contributed by atoms with Gasteiger partial charge in [-0.15, -0.1) is 0 Å². The van der Waals surface area contributed by atoms with Crippen LogP contribution in [0.1, 0.15) is 42.2 Å². The second kappa shape index (κ2) is 10.2. The van der Waals surface area contributed by atoms with Gasteiger partial charge in [0.15, 0.2) is 0 Å². The Morgan fingerprint density at radius 1 is 1.16 bits per heavy atom. The molecule has 0 radical (unpaired) electrons. The van der Waals surface area contributed by atoms with Crippen molar-refractivity contribution in [3.8, 4) is 6.07 Å². The minimum absolute atomic E-state index is 0.0104. The monoisotopic (exact) mass is 421 g/mol. The maximum atomic E-state index is 13.0. The van der Waals surface area contributed by atoms with Crippen molar-refractivity contribution >= 4 is 11.8 Å². The smallest absolute Gasteiger partial charge is 0.243 e. The molecule has 1 aliphatic heterocycles. The average Bonchev–Trinajstić information content (AvgIpc) is 2.79. The van der Waals surface area contributed by atoms with Crippen LogP contribution in [0.4, 0.5) is 0 Å². The van der Waals surface area contributed by atoms with E-state index >= 15 is 0 Å². The molecular weight excluding hydrogens is 394 g/mol. The summed E-state index contributed by atoms with van der Waals surface area (Å²) in [6, 6.07) is 14.0. The minimum Gasteiger partial charge on any atom is -0.340 e. The molecule has 2 aromatic rings. The normalized spacial score (nSPS) is 16.3. The van der Waals surface area contributed by atoms with Crippen LogP contribution in [-0.2, 0) is 9.59 Å². The Bertz CT molecular complexity index is 951. The van der Waals surface area contributed by atoms with E-state index in [9.17, 15) is 20.1 Å². The zero-order valence-electron chi connectivity index (χ0n) is 17.8. The van der Waals surface area contributed by atoms with Crippen molar-refractivity contribution in [3.63, 3.8) is 0 Å². The second-order valence-electron chi connectivity index (χ2n) is 7.62. The van der Waals surface area contributed by atoms with E-state index < -0.39 is 18.0 Å². The molecule has 2 unspecified atom stereocenters. The first-order valence-corrected chi connectivity index (χ1v) is 10.3. The van der Waals surface area contributed by atoms with E-state index in [1.807, 2.05) is 37.3 Å². The molecule has 0 bridgehead atoms. The van der Waals surface area contributed by atoms with Crippen molar-refractivity contribution < 1.29 is 14.8 Å². The topological polar surface area (TPSA) is 101 Å². The summed E-state index contributed by atoms with van der Waals surface area (Å²) in [6.45, 7) is 5.22. The van der Waals surface area contributed by atoms with Gasteiger partial charge in [0, 0.05) is 50.6 Å². The first kappa shape index (κ1) is 22.4. The summed E-state index contributed by atoms with van der Waals surface area (Å²) in [4.78, 5) is 32.8. The molecule has 162 valence electrons. The Hall–Kier alpha value is -3.28. The highest BCUT2D eigenvalue weighted by Crippen LogP contribution is 2.26. The molecule has 2 atom stereocenters. The van der Waals surface area contributed by atoms with Gasteiger partial charge in [-0.05, 0) is 18.6 Å². The van der Waals surface area contributed by atoms with Gasteiger partial charge in [0.25, 0.3) is 0 Å². The van der Waals surface area contributed by atoms with E-state index in [1.54, 1.807) is 23.2 Å². The Kier molecular flexibility index (Phi) is 7.34. The molecule has 0 spiro atoms. The van der Waals surface area contributed by atoms with Crippen molar-refractivity contribution in [1.82, 2.24) is 19.8 Å². The van der Waals surface area contributed by atoms with Gasteiger partial charge in [-0.3, -0.25) is 24.7 Å². The van der Waals surface area contributed by atoms with Crippen LogP contribution >= 0.6 is 0 Å². The van der Waals surface area contributed by atoms with Gasteiger partial charge in [-0.2, -0.15) is 5.26 Å². The number of hydrogen-bond acceptors (Lipinski definition) is 6. The van der Waals surface area contributed by atoms with Gasteiger partial charge < -0.3 is 4.90 Å². The lowest BCUT2D eigenvalue weighted by Crippen LogP contribution is -2.50. The van der Waals surface area contributed by atoms with E-state index in [-0.39, 0.29) is 12.3 Å². The number of hydroxylamine groups is 2. The van der Waals surface area contributed by atoms with Gasteiger partial charge in [-0.25, -0.2) is 5.06 Å². The van der Waals surface area contributed by atoms with E-state index in [0.29, 0.717) is 36.8 Å². The lowest BCUT2D eigenvalue weighted by molar-refractivity contribution is -0.176. The summed E-state index contributed by atoms with van der Waals surface area (Å²) < 4.78 is 0. The number of nitrogens with zero attached hydrogens (tertiary/aromatic N) is 5. The highest BCUT2D eigenvalue weighted by atomic mass is 16.5. The summed E-state index contributed by atoms with van der Waals surface area (Å²) in [5.41, 5.74) is 2.40. The van der Waals surface area contributed by atoms with Crippen molar-refractivity contribution in [2.24, 2.45) is 0 Å². The highest BCUT2D eigenvalue weighted by molar-refractivity contribution is 5.79. The molecule has 0 saturated carbocycles. The number of aromatic nitrogens is 1. The van der Waals surface area contributed by atoms with Crippen molar-refractivity contribution in [2.45, 2.75) is 32.4 Å². The molecular formula is C23H27N5O3. The Labute approximate surface area is 182 Å². The summed E-state index contributed by atoms with van der Waals surface area (Å²) in [6.07, 6.45) is 1.70. The number of hydrogen-bond donors (Lipinski definition) is 1. The maximum Gasteiger partial charge on any atom is 0.243 e. The van der Waals surface area contributed by atoms with Gasteiger partial charge in [0.1, 0.15) is 6.04 Å². The Morgan fingerprint density at radius 2 is 1.84 bits per heavy atom. The fraction of sp³-hybridized carbons (Fsp3) is 0.391. The third kappa shape index (κ3) is 5.26. The van der Waals surface area contributed by atoms with Gasteiger partial charge in [-0.1, -0.05) is 36.4 Å². The number of nitriles is 1. The third-order valence-electron chi connectivity index (χ3n) is 5.67. The zero-order valence-corrected chi connectivity index (χ0v) is 17.8. The van der Waals surface area contributed by atoms with Crippen molar-refractivity contribution in [1.29, 1.82) is 5.26 Å². The van der Waals surface area contributed by atoms with Crippen LogP contribution in [0.2, 0.25) is 0 Å². The van der Waals surface area contributed by atoms with Gasteiger partial charge in [0.05, 0.1) is 18.5 Å². The molecule has 2 heterocycles. The van der Waals surface area contributed by atoms with Crippen LogP contribution in [0.15, 0.2) is 48.7 Å². The third-order valence-corrected chi connectivity index (χ3v) is 5.67. The molecule has 8 heteroatoms. The van der Waals surface area contributed by atoms with E-state index in [4.69, 9.17) is 0 Å². The van der Waals surface area contributed by atoms with Crippen LogP contribution in [0.3, 0.4) is 0 Å². The SMILES string of the molecule is CC(=O)N(O)C(CC(=O)N1CCN(C(C#N)c2cccnc2C)CC1)c1ccccc1. The summed E-state index contributed by atoms with van der Waals surface area (Å²) >= 11 is 0. The predicted octanol–water partition coefficient (Wildman–Crippen LogP) is 2.47. The van der Waals surface area contributed by atoms with Crippen LogP contribution in [0, 0.1) is 18.3 Å². The summed E-state index contributed by atoms with van der Waals surface area (Å²) in [5.74, 6) is -0.657. The predicted molar refractivity (Wildman–Crippen MR) is 114 cm³/mol. The summed E-state index contributed by atoms with van der Waals surface area (Å²) in [5, 5.41) is 20.6. The number of carbonyl (C=O) groups excluding carboxylic acids is 2. The standard InChI is InChI=1S/C23H27N5O3/c1-17-20(9-6-10-25-17)22(16-24)26-11-13-27(14-12-26)23(30)15-21(28(31)18(2)29)19-7-4-3-5-8-19/h3-10,21-22,31H,11-15H2,1-2H3. The molecule has 1 aromatic heterocycles. The molecule has 8 nitrogen and oxygen atoms in total. The van der Waals surface area contributed by atoms with Crippen molar-refractivity contribution in [2.75, 3.05) is 26.2 Å². The number of pyridine rings is 1. The van der Waals surface area contributed by atoms with Crippen LogP contribution in [0.5, 0.6) is 0 Å². The number of piperazine rings is 1. The van der Waals surface area contributed by atoms with Crippen molar-refractivity contribution in [3.05, 3.63) is 65.5 Å². The zero-order chi connectivity index (χ0) is 22.4. The van der Waals surface area contributed by atoms with Crippen LogP contribution in [0.25, 0.3) is 0 Å². The first-order valence-electron chi connectivity index (χ1n) is 10.3. The number of carbonyl (C=O) groups is 2. The molecule has 2 amide bonds. The fourth-order valence-electron chi connectivity index (χ4n) is 3.90. The molecule has 31 heavy (non-hydrogen) atoms. The van der Waals surface area contributed by atoms with Crippen LogP contribution in [-0.4, -0.2) is 63.0 Å². The fourth-order valence-corrected chi connectivity index (χ4v) is 3.90. The van der Waals surface area contributed by atoms with Crippen LogP contribution < -0.4 is 0 Å². The number of amides is 2. The number of benzene rings is 1. The Balaban J connectivity index is 1.66. The Morgan fingerprint density at radius 3 is 2.42 bits per heavy atom. The summed E-state index contributed by atoms with van der Waals surface area (Å²) in [7, 11) is 0. The van der Waals surface area contributed by atoms with E-state index in [1.165, 1.54) is 6.92 Å². The quantitative estimate of drug-likeness (QED) is 0.568. The molecule has 3 rings (SSSR count). The largest absolute Gasteiger partial charge is 0.340 e. The molecule has 1 fully saturated rings. The van der Waals surface area contributed by atoms with Gasteiger partial charge >= 0.3 is 0 Å². The lowest BCUT2D eigenvalue weighted by atomic mass is 10.0. The van der Waals surface area contributed by atoms with E-state index in [2.05, 4.69) is 16.0 Å². The number of rotatable bonds is 6. The molecule has 1 N–H and O–H groups in total. The highest BCUT2D eigenvalue weighted by Gasteiger charge is 2.31. The maximum absolute atomic E-state index is 13.0. The number of aryl methyl sites for hydroxylation is 1. The molecule has 1 aromatic carbocycles. The molecule has 1 saturated heterocycles. The first-order chi connectivity index (χ1) is 14.9. The van der Waals surface area contributed by atoms with Gasteiger partial charge in [0.2, 0.25) is 11.8 Å².